The van der Waals surface area contributed by atoms with Gasteiger partial charge in [-0.25, -0.2) is 0 Å². The maximum Gasteiger partial charge on any atom is 0.278 e. The van der Waals surface area contributed by atoms with Crippen molar-refractivity contribution in [3.8, 4) is 5.75 Å². The Morgan fingerprint density at radius 3 is 2.77 bits per heavy atom. The standard InChI is InChI=1S/C15H12ClN3O3/c1-15(13(20)18-10-4-6-17-7-5-10)14(21)19-11-8-9(16)2-3-12(11)22-15/h2-8H,1H3,(H,19,21)(H,17,18,20). The van der Waals surface area contributed by atoms with Crippen LogP contribution in [0.4, 0.5) is 11.4 Å². The third-order valence-electron chi connectivity index (χ3n) is 3.31. The van der Waals surface area contributed by atoms with Crippen LogP contribution in [0.15, 0.2) is 42.7 Å². The van der Waals surface area contributed by atoms with E-state index >= 15 is 0 Å². The minimum atomic E-state index is -1.68. The summed E-state index contributed by atoms with van der Waals surface area (Å²) in [5.74, 6) is -0.748. The molecule has 2 N–H and O–H groups in total. The minimum Gasteiger partial charge on any atom is -0.466 e. The molecule has 2 heterocycles. The highest BCUT2D eigenvalue weighted by molar-refractivity contribution is 6.31. The highest BCUT2D eigenvalue weighted by atomic mass is 35.5. The average Bonchev–Trinajstić information content (AvgIpc) is 2.50. The van der Waals surface area contributed by atoms with Gasteiger partial charge in [0.25, 0.3) is 17.4 Å². The number of fused-ring (bicyclic) bond motifs is 1. The molecule has 3 rings (SSSR count). The number of anilines is 2. The van der Waals surface area contributed by atoms with Gasteiger partial charge in [-0.3, -0.25) is 14.6 Å². The van der Waals surface area contributed by atoms with E-state index in [0.29, 0.717) is 22.1 Å². The minimum absolute atomic E-state index is 0.386. The molecular weight excluding hydrogens is 306 g/mol. The highest BCUT2D eigenvalue weighted by Crippen LogP contribution is 2.35. The summed E-state index contributed by atoms with van der Waals surface area (Å²) in [7, 11) is 0. The van der Waals surface area contributed by atoms with Gasteiger partial charge in [0.05, 0.1) is 5.69 Å². The molecule has 2 amide bonds. The zero-order valence-electron chi connectivity index (χ0n) is 11.6. The quantitative estimate of drug-likeness (QED) is 0.834. The van der Waals surface area contributed by atoms with E-state index in [4.69, 9.17) is 16.3 Å². The molecule has 2 aromatic rings. The molecule has 1 aromatic heterocycles. The Morgan fingerprint density at radius 2 is 2.05 bits per heavy atom. The fourth-order valence-corrected chi connectivity index (χ4v) is 2.20. The first-order chi connectivity index (χ1) is 10.5. The molecule has 0 bridgehead atoms. The van der Waals surface area contributed by atoms with Crippen LogP contribution in [0.3, 0.4) is 0 Å². The average molecular weight is 318 g/mol. The summed E-state index contributed by atoms with van der Waals surface area (Å²) in [4.78, 5) is 28.6. The van der Waals surface area contributed by atoms with Crippen LogP contribution in [0.2, 0.25) is 5.02 Å². The smallest absolute Gasteiger partial charge is 0.278 e. The van der Waals surface area contributed by atoms with E-state index in [2.05, 4.69) is 15.6 Å². The zero-order chi connectivity index (χ0) is 15.7. The van der Waals surface area contributed by atoms with Gasteiger partial charge in [0.2, 0.25) is 0 Å². The largest absolute Gasteiger partial charge is 0.466 e. The summed E-state index contributed by atoms with van der Waals surface area (Å²) in [5.41, 5.74) is -0.712. The van der Waals surface area contributed by atoms with Crippen LogP contribution in [0.5, 0.6) is 5.75 Å². The van der Waals surface area contributed by atoms with E-state index in [1.165, 1.54) is 19.3 Å². The van der Waals surface area contributed by atoms with Gasteiger partial charge in [0.1, 0.15) is 5.75 Å². The second-order valence-electron chi connectivity index (χ2n) is 4.92. The van der Waals surface area contributed by atoms with Gasteiger partial charge in [-0.1, -0.05) is 11.6 Å². The molecule has 1 aliphatic rings. The number of carbonyl (C=O) groups is 2. The summed E-state index contributed by atoms with van der Waals surface area (Å²) in [6.07, 6.45) is 3.08. The van der Waals surface area contributed by atoms with E-state index in [1.54, 1.807) is 30.3 Å². The third kappa shape index (κ3) is 2.48. The molecular formula is C15H12ClN3O3. The number of aromatic nitrogens is 1. The van der Waals surface area contributed by atoms with Gasteiger partial charge in [-0.2, -0.15) is 0 Å². The molecule has 112 valence electrons. The van der Waals surface area contributed by atoms with E-state index < -0.39 is 17.4 Å². The first-order valence-electron chi connectivity index (χ1n) is 6.50. The van der Waals surface area contributed by atoms with Crippen LogP contribution in [0, 0.1) is 0 Å². The Kier molecular flexibility index (Phi) is 3.46. The van der Waals surface area contributed by atoms with Crippen molar-refractivity contribution < 1.29 is 14.3 Å². The van der Waals surface area contributed by atoms with Crippen molar-refractivity contribution in [2.45, 2.75) is 12.5 Å². The van der Waals surface area contributed by atoms with Crippen LogP contribution in [0.1, 0.15) is 6.92 Å². The Labute approximate surface area is 131 Å². The lowest BCUT2D eigenvalue weighted by Crippen LogP contribution is -2.56. The van der Waals surface area contributed by atoms with Crippen LogP contribution in [0.25, 0.3) is 0 Å². The number of nitrogens with zero attached hydrogens (tertiary/aromatic N) is 1. The van der Waals surface area contributed by atoms with Gasteiger partial charge < -0.3 is 15.4 Å². The molecule has 0 spiro atoms. The van der Waals surface area contributed by atoms with Gasteiger partial charge in [-0.05, 0) is 37.3 Å². The second kappa shape index (κ2) is 5.31. The van der Waals surface area contributed by atoms with E-state index in [0.717, 1.165) is 0 Å². The van der Waals surface area contributed by atoms with Crippen molar-refractivity contribution >= 4 is 34.8 Å². The molecule has 0 radical (unpaired) electrons. The summed E-state index contributed by atoms with van der Waals surface area (Å²) >= 11 is 5.87. The number of nitrogens with one attached hydrogen (secondary N) is 2. The predicted molar refractivity (Wildman–Crippen MR) is 82.0 cm³/mol. The van der Waals surface area contributed by atoms with Crippen molar-refractivity contribution in [3.63, 3.8) is 0 Å². The first-order valence-corrected chi connectivity index (χ1v) is 6.88. The van der Waals surface area contributed by atoms with Crippen LogP contribution >= 0.6 is 11.6 Å². The highest BCUT2D eigenvalue weighted by Gasteiger charge is 2.47. The summed E-state index contributed by atoms with van der Waals surface area (Å²) in [6.45, 7) is 1.41. The fourth-order valence-electron chi connectivity index (χ4n) is 2.03. The van der Waals surface area contributed by atoms with E-state index in [9.17, 15) is 9.59 Å². The number of hydrogen-bond donors (Lipinski definition) is 2. The molecule has 0 aliphatic carbocycles. The lowest BCUT2D eigenvalue weighted by atomic mass is 10.0. The third-order valence-corrected chi connectivity index (χ3v) is 3.54. The Bertz CT molecular complexity index is 751. The monoisotopic (exact) mass is 317 g/mol. The van der Waals surface area contributed by atoms with Crippen molar-refractivity contribution in [3.05, 3.63) is 47.7 Å². The number of rotatable bonds is 2. The Balaban J connectivity index is 1.88. The maximum absolute atomic E-state index is 12.4. The van der Waals surface area contributed by atoms with Gasteiger partial charge in [-0.15, -0.1) is 0 Å². The molecule has 1 aromatic carbocycles. The van der Waals surface area contributed by atoms with Crippen LogP contribution in [-0.4, -0.2) is 22.4 Å². The van der Waals surface area contributed by atoms with Crippen LogP contribution < -0.4 is 15.4 Å². The van der Waals surface area contributed by atoms with Crippen molar-refractivity contribution in [2.75, 3.05) is 10.6 Å². The molecule has 1 unspecified atom stereocenters. The Hall–Kier alpha value is -2.60. The molecule has 0 fully saturated rings. The molecule has 22 heavy (non-hydrogen) atoms. The van der Waals surface area contributed by atoms with E-state index in [-0.39, 0.29) is 0 Å². The molecule has 1 atom stereocenters. The number of carbonyl (C=O) groups excluding carboxylic acids is 2. The predicted octanol–water partition coefficient (Wildman–Crippen LogP) is 2.46. The van der Waals surface area contributed by atoms with Gasteiger partial charge >= 0.3 is 0 Å². The normalized spacial score (nSPS) is 19.6. The maximum atomic E-state index is 12.4. The van der Waals surface area contributed by atoms with E-state index in [1.807, 2.05) is 0 Å². The number of hydrogen-bond acceptors (Lipinski definition) is 4. The number of halogens is 1. The molecule has 7 heteroatoms. The number of benzene rings is 1. The van der Waals surface area contributed by atoms with Gasteiger partial charge in [0.15, 0.2) is 0 Å². The van der Waals surface area contributed by atoms with Crippen molar-refractivity contribution in [2.24, 2.45) is 0 Å². The number of pyridine rings is 1. The van der Waals surface area contributed by atoms with Crippen molar-refractivity contribution in [1.82, 2.24) is 4.98 Å². The zero-order valence-corrected chi connectivity index (χ0v) is 12.3. The summed E-state index contributed by atoms with van der Waals surface area (Å²) in [5, 5.41) is 5.74. The van der Waals surface area contributed by atoms with Crippen LogP contribution in [-0.2, 0) is 9.59 Å². The number of ether oxygens (including phenoxy) is 1. The second-order valence-corrected chi connectivity index (χ2v) is 5.36. The fraction of sp³-hybridized carbons (Fsp3) is 0.133. The number of amides is 2. The SMILES string of the molecule is CC1(C(=O)Nc2ccncc2)Oc2ccc(Cl)cc2NC1=O. The lowest BCUT2D eigenvalue weighted by molar-refractivity contribution is -0.143. The lowest BCUT2D eigenvalue weighted by Gasteiger charge is -2.33. The van der Waals surface area contributed by atoms with Gasteiger partial charge in [0, 0.05) is 23.1 Å². The molecule has 1 aliphatic heterocycles. The topological polar surface area (TPSA) is 80.3 Å². The van der Waals surface area contributed by atoms with Crippen molar-refractivity contribution in [1.29, 1.82) is 0 Å². The summed E-state index contributed by atoms with van der Waals surface area (Å²) in [6, 6.07) is 8.04. The summed E-state index contributed by atoms with van der Waals surface area (Å²) < 4.78 is 5.62. The first kappa shape index (κ1) is 14.3. The molecule has 0 saturated heterocycles. The Morgan fingerprint density at radius 1 is 1.32 bits per heavy atom. The molecule has 6 nitrogen and oxygen atoms in total. The molecule has 0 saturated carbocycles.